The van der Waals surface area contributed by atoms with E-state index in [0.29, 0.717) is 15.5 Å². The second-order valence-corrected chi connectivity index (χ2v) is 6.12. The van der Waals surface area contributed by atoms with Crippen molar-refractivity contribution in [3.05, 3.63) is 20.3 Å². The molecule has 1 aromatic heterocycles. The summed E-state index contributed by atoms with van der Waals surface area (Å²) >= 11 is 2.04. The highest BCUT2D eigenvalue weighted by molar-refractivity contribution is 14.1. The third kappa shape index (κ3) is 3.00. The zero-order valence-corrected chi connectivity index (χ0v) is 12.3. The van der Waals surface area contributed by atoms with Crippen LogP contribution in [-0.4, -0.2) is 16.0 Å². The largest absolute Gasteiger partial charge is 0.366 e. The predicted octanol–water partition coefficient (Wildman–Crippen LogP) is 2.61. The maximum Gasteiger partial charge on any atom is 0.266 e. The molecule has 1 heterocycles. The van der Waals surface area contributed by atoms with E-state index in [2.05, 4.69) is 29.1 Å². The molecule has 2 N–H and O–H groups in total. The van der Waals surface area contributed by atoms with Crippen molar-refractivity contribution in [3.8, 4) is 0 Å². The molecule has 0 aromatic carbocycles. The molecular formula is C12H18IN3O. The molecule has 5 heteroatoms. The van der Waals surface area contributed by atoms with Gasteiger partial charge < -0.3 is 10.3 Å². The number of anilines is 1. The normalized spacial score (nSPS) is 29.0. The summed E-state index contributed by atoms with van der Waals surface area (Å²) in [6.07, 6.45) is 5.12. The van der Waals surface area contributed by atoms with Crippen LogP contribution in [0.1, 0.15) is 33.1 Å². The van der Waals surface area contributed by atoms with Gasteiger partial charge >= 0.3 is 0 Å². The van der Waals surface area contributed by atoms with Crippen molar-refractivity contribution in [1.29, 1.82) is 0 Å². The van der Waals surface area contributed by atoms with Crippen LogP contribution in [0.4, 0.5) is 5.82 Å². The maximum absolute atomic E-state index is 11.5. The minimum absolute atomic E-state index is 0.0695. The maximum atomic E-state index is 11.5. The molecule has 0 radical (unpaired) electrons. The molecule has 3 atom stereocenters. The summed E-state index contributed by atoms with van der Waals surface area (Å²) in [6.45, 7) is 4.58. The van der Waals surface area contributed by atoms with Gasteiger partial charge in [-0.1, -0.05) is 13.8 Å². The number of nitrogens with zero attached hydrogens (tertiary/aromatic N) is 1. The lowest BCUT2D eigenvalue weighted by atomic mass is 9.80. The van der Waals surface area contributed by atoms with E-state index >= 15 is 0 Å². The minimum atomic E-state index is -0.0695. The Hall–Kier alpha value is -0.590. The smallest absolute Gasteiger partial charge is 0.266 e. The summed E-state index contributed by atoms with van der Waals surface area (Å²) in [5.41, 5.74) is -0.0695. The summed E-state index contributed by atoms with van der Waals surface area (Å²) < 4.78 is 0.649. The van der Waals surface area contributed by atoms with Gasteiger partial charge in [0.15, 0.2) is 0 Å². The zero-order valence-electron chi connectivity index (χ0n) is 10.2. The molecule has 1 aromatic rings. The van der Waals surface area contributed by atoms with Crippen LogP contribution in [0.2, 0.25) is 0 Å². The second kappa shape index (κ2) is 5.37. The van der Waals surface area contributed by atoms with Crippen LogP contribution in [-0.2, 0) is 0 Å². The fourth-order valence-electron chi connectivity index (χ4n) is 2.54. The van der Waals surface area contributed by atoms with Gasteiger partial charge in [0.1, 0.15) is 9.39 Å². The first-order valence-corrected chi connectivity index (χ1v) is 7.15. The van der Waals surface area contributed by atoms with E-state index in [-0.39, 0.29) is 5.56 Å². The average molecular weight is 347 g/mol. The summed E-state index contributed by atoms with van der Waals surface area (Å²) in [5.74, 6) is 2.17. The molecule has 0 bridgehead atoms. The van der Waals surface area contributed by atoms with E-state index in [0.717, 1.165) is 18.2 Å². The Morgan fingerprint density at radius 2 is 2.24 bits per heavy atom. The van der Waals surface area contributed by atoms with Crippen molar-refractivity contribution in [2.75, 3.05) is 5.32 Å². The van der Waals surface area contributed by atoms with Crippen molar-refractivity contribution < 1.29 is 0 Å². The Bertz CT molecular complexity index is 446. The monoisotopic (exact) mass is 347 g/mol. The topological polar surface area (TPSA) is 57.8 Å². The standard InChI is InChI=1S/C12H18IN3O/c1-7-3-4-9(8(2)5-7)16-11-10(13)12(17)15-6-14-11/h6-9H,3-5H2,1-2H3,(H2,14,15,16,17). The molecule has 4 nitrogen and oxygen atoms in total. The number of hydrogen-bond donors (Lipinski definition) is 2. The van der Waals surface area contributed by atoms with Crippen LogP contribution in [0.3, 0.4) is 0 Å². The first-order valence-electron chi connectivity index (χ1n) is 6.07. The highest BCUT2D eigenvalue weighted by Crippen LogP contribution is 2.30. The first kappa shape index (κ1) is 12.9. The highest BCUT2D eigenvalue weighted by Gasteiger charge is 2.26. The number of aromatic amines is 1. The average Bonchev–Trinajstić information content (AvgIpc) is 2.28. The van der Waals surface area contributed by atoms with Gasteiger partial charge in [-0.3, -0.25) is 4.79 Å². The van der Waals surface area contributed by atoms with E-state index in [1.807, 2.05) is 22.6 Å². The number of aromatic nitrogens is 2. The van der Waals surface area contributed by atoms with E-state index < -0.39 is 0 Å². The molecule has 0 saturated heterocycles. The molecule has 1 aliphatic carbocycles. The van der Waals surface area contributed by atoms with Crippen molar-refractivity contribution in [2.45, 2.75) is 39.2 Å². The highest BCUT2D eigenvalue weighted by atomic mass is 127. The SMILES string of the molecule is CC1CCC(Nc2nc[nH]c(=O)c2I)C(C)C1. The summed E-state index contributed by atoms with van der Waals surface area (Å²) in [4.78, 5) is 18.3. The van der Waals surface area contributed by atoms with E-state index in [9.17, 15) is 4.79 Å². The van der Waals surface area contributed by atoms with Crippen LogP contribution in [0, 0.1) is 15.4 Å². The van der Waals surface area contributed by atoms with Crippen molar-refractivity contribution in [1.82, 2.24) is 9.97 Å². The number of hydrogen-bond acceptors (Lipinski definition) is 3. The van der Waals surface area contributed by atoms with Gasteiger partial charge in [-0.15, -0.1) is 0 Å². The molecule has 1 fully saturated rings. The second-order valence-electron chi connectivity index (χ2n) is 5.04. The lowest BCUT2D eigenvalue weighted by molar-refractivity contribution is 0.276. The predicted molar refractivity (Wildman–Crippen MR) is 77.2 cm³/mol. The molecular weight excluding hydrogens is 329 g/mol. The van der Waals surface area contributed by atoms with Gasteiger partial charge in [-0.05, 0) is 53.7 Å². The van der Waals surface area contributed by atoms with Crippen molar-refractivity contribution >= 4 is 28.4 Å². The van der Waals surface area contributed by atoms with Crippen LogP contribution < -0.4 is 10.9 Å². The Morgan fingerprint density at radius 3 is 2.94 bits per heavy atom. The third-order valence-corrected chi connectivity index (χ3v) is 4.55. The molecule has 1 saturated carbocycles. The van der Waals surface area contributed by atoms with Gasteiger partial charge in [0, 0.05) is 6.04 Å². The fourth-order valence-corrected chi connectivity index (χ4v) is 2.99. The zero-order chi connectivity index (χ0) is 12.4. The Labute approximate surface area is 115 Å². The van der Waals surface area contributed by atoms with Crippen LogP contribution >= 0.6 is 22.6 Å². The van der Waals surface area contributed by atoms with E-state index in [1.54, 1.807) is 0 Å². The molecule has 94 valence electrons. The fraction of sp³-hybridized carbons (Fsp3) is 0.667. The molecule has 0 aliphatic heterocycles. The number of halogens is 1. The van der Waals surface area contributed by atoms with Crippen molar-refractivity contribution in [2.24, 2.45) is 11.8 Å². The number of nitrogens with one attached hydrogen (secondary N) is 2. The summed E-state index contributed by atoms with van der Waals surface area (Å²) in [6, 6.07) is 0.439. The van der Waals surface area contributed by atoms with Gasteiger partial charge in [-0.25, -0.2) is 4.98 Å². The Balaban J connectivity index is 2.10. The van der Waals surface area contributed by atoms with Crippen LogP contribution in [0.25, 0.3) is 0 Å². The molecule has 17 heavy (non-hydrogen) atoms. The Kier molecular flexibility index (Phi) is 4.06. The van der Waals surface area contributed by atoms with Gasteiger partial charge in [0.05, 0.1) is 6.33 Å². The first-order chi connectivity index (χ1) is 8.08. The van der Waals surface area contributed by atoms with Gasteiger partial charge in [0.25, 0.3) is 5.56 Å². The van der Waals surface area contributed by atoms with E-state index in [1.165, 1.54) is 19.2 Å². The third-order valence-electron chi connectivity index (χ3n) is 3.55. The molecule has 2 rings (SSSR count). The molecule has 3 unspecified atom stereocenters. The summed E-state index contributed by atoms with van der Waals surface area (Å²) in [5, 5.41) is 3.42. The Morgan fingerprint density at radius 1 is 1.47 bits per heavy atom. The number of rotatable bonds is 2. The van der Waals surface area contributed by atoms with Crippen molar-refractivity contribution in [3.63, 3.8) is 0 Å². The quantitative estimate of drug-likeness (QED) is 0.809. The molecule has 1 aliphatic rings. The lowest BCUT2D eigenvalue weighted by Crippen LogP contribution is -2.34. The molecule has 0 spiro atoms. The van der Waals surface area contributed by atoms with Gasteiger partial charge in [0.2, 0.25) is 0 Å². The van der Waals surface area contributed by atoms with E-state index in [4.69, 9.17) is 0 Å². The summed E-state index contributed by atoms with van der Waals surface area (Å²) in [7, 11) is 0. The number of H-pyrrole nitrogens is 1. The molecule has 0 amide bonds. The van der Waals surface area contributed by atoms with Crippen LogP contribution in [0.5, 0.6) is 0 Å². The lowest BCUT2D eigenvalue weighted by Gasteiger charge is -2.33. The van der Waals surface area contributed by atoms with Crippen LogP contribution in [0.15, 0.2) is 11.1 Å². The van der Waals surface area contributed by atoms with Gasteiger partial charge in [-0.2, -0.15) is 0 Å². The minimum Gasteiger partial charge on any atom is -0.366 e.